The van der Waals surface area contributed by atoms with Gasteiger partial charge in [-0.05, 0) is 37.6 Å². The zero-order valence-electron chi connectivity index (χ0n) is 13.4. The smallest absolute Gasteiger partial charge is 0.127 e. The maximum atomic E-state index is 10.4. The van der Waals surface area contributed by atoms with Gasteiger partial charge in [0.15, 0.2) is 0 Å². The number of aromatic nitrogens is 2. The van der Waals surface area contributed by atoms with E-state index in [1.54, 1.807) is 12.1 Å². The highest BCUT2D eigenvalue weighted by Gasteiger charge is 2.29. The third-order valence-corrected chi connectivity index (χ3v) is 4.66. The fourth-order valence-electron chi connectivity index (χ4n) is 2.87. The highest BCUT2D eigenvalue weighted by molar-refractivity contribution is 6.30. The van der Waals surface area contributed by atoms with E-state index in [0.717, 1.165) is 36.8 Å². The van der Waals surface area contributed by atoms with Crippen molar-refractivity contribution < 1.29 is 9.84 Å². The maximum absolute atomic E-state index is 10.4. The number of ether oxygens (including phenoxy) is 1. The molecule has 23 heavy (non-hydrogen) atoms. The molecular weight excluding hydrogens is 314 g/mol. The van der Waals surface area contributed by atoms with E-state index in [-0.39, 0.29) is 6.10 Å². The first-order valence-electron chi connectivity index (χ1n) is 7.83. The van der Waals surface area contributed by atoms with Crippen molar-refractivity contribution in [1.82, 2.24) is 14.5 Å². The number of rotatable bonds is 4. The number of imidazole rings is 1. The highest BCUT2D eigenvalue weighted by atomic mass is 35.5. The molecule has 0 unspecified atom stereocenters. The van der Waals surface area contributed by atoms with Gasteiger partial charge in [-0.1, -0.05) is 11.6 Å². The molecule has 0 saturated carbocycles. The third kappa shape index (κ3) is 3.86. The number of nitrogens with zero attached hydrogens (tertiary/aromatic N) is 3. The molecule has 5 nitrogen and oxygen atoms in total. The Hall–Kier alpha value is -1.56. The summed E-state index contributed by atoms with van der Waals surface area (Å²) in [7, 11) is 2.02. The van der Waals surface area contributed by atoms with Crippen LogP contribution in [0.4, 0.5) is 0 Å². The molecular formula is C17H22ClN3O2. The lowest BCUT2D eigenvalue weighted by Crippen LogP contribution is -2.48. The molecule has 124 valence electrons. The Morgan fingerprint density at radius 1 is 1.35 bits per heavy atom. The van der Waals surface area contributed by atoms with Crippen molar-refractivity contribution in [3.8, 4) is 5.75 Å². The molecule has 0 aliphatic carbocycles. The second-order valence-corrected chi connectivity index (χ2v) is 6.49. The van der Waals surface area contributed by atoms with Gasteiger partial charge in [0.05, 0.1) is 5.69 Å². The average Bonchev–Trinajstić information content (AvgIpc) is 2.84. The molecule has 0 spiro atoms. The molecule has 1 aromatic carbocycles. The van der Waals surface area contributed by atoms with Crippen molar-refractivity contribution >= 4 is 11.6 Å². The minimum Gasteiger partial charge on any atom is -0.488 e. The summed E-state index contributed by atoms with van der Waals surface area (Å²) in [5, 5.41) is 11.1. The molecule has 0 amide bonds. The number of piperidine rings is 1. The summed E-state index contributed by atoms with van der Waals surface area (Å²) < 4.78 is 7.98. The molecule has 2 aromatic rings. The summed E-state index contributed by atoms with van der Waals surface area (Å²) in [4.78, 5) is 6.56. The van der Waals surface area contributed by atoms with Gasteiger partial charge in [-0.25, -0.2) is 4.98 Å². The SMILES string of the molecule is Cc1ncc(CN2CC[C@@H](Oc3ccc(Cl)cc3)[C@H](O)C2)n1C. The topological polar surface area (TPSA) is 50.5 Å². The van der Waals surface area contributed by atoms with Crippen LogP contribution in [0, 0.1) is 6.92 Å². The summed E-state index contributed by atoms with van der Waals surface area (Å²) in [6, 6.07) is 7.26. The van der Waals surface area contributed by atoms with Crippen LogP contribution in [0.2, 0.25) is 5.02 Å². The van der Waals surface area contributed by atoms with Crippen molar-refractivity contribution in [1.29, 1.82) is 0 Å². The molecule has 2 atom stereocenters. The Morgan fingerprint density at radius 2 is 2.09 bits per heavy atom. The van der Waals surface area contributed by atoms with Gasteiger partial charge in [0.1, 0.15) is 23.8 Å². The number of benzene rings is 1. The van der Waals surface area contributed by atoms with Crippen LogP contribution in [0.15, 0.2) is 30.5 Å². The number of aryl methyl sites for hydroxylation is 1. The van der Waals surface area contributed by atoms with Crippen LogP contribution in [-0.4, -0.2) is 44.9 Å². The third-order valence-electron chi connectivity index (χ3n) is 4.41. The highest BCUT2D eigenvalue weighted by Crippen LogP contribution is 2.22. The Labute approximate surface area is 141 Å². The molecule has 2 heterocycles. The lowest BCUT2D eigenvalue weighted by molar-refractivity contribution is -0.0279. The second kappa shape index (κ2) is 6.91. The van der Waals surface area contributed by atoms with Crippen LogP contribution in [0.3, 0.4) is 0 Å². The van der Waals surface area contributed by atoms with Crippen LogP contribution < -0.4 is 4.74 Å². The van der Waals surface area contributed by atoms with Gasteiger partial charge in [0.25, 0.3) is 0 Å². The quantitative estimate of drug-likeness (QED) is 0.932. The van der Waals surface area contributed by atoms with E-state index in [2.05, 4.69) is 14.5 Å². The molecule has 0 radical (unpaired) electrons. The predicted octanol–water partition coefficient (Wildman–Crippen LogP) is 2.40. The zero-order valence-corrected chi connectivity index (χ0v) is 14.2. The number of hydrogen-bond donors (Lipinski definition) is 1. The number of aliphatic hydroxyl groups excluding tert-OH is 1. The Kier molecular flexibility index (Phi) is 4.90. The second-order valence-electron chi connectivity index (χ2n) is 6.06. The summed E-state index contributed by atoms with van der Waals surface area (Å²) in [6.07, 6.45) is 2.01. The van der Waals surface area contributed by atoms with Crippen molar-refractivity contribution in [2.45, 2.75) is 32.1 Å². The van der Waals surface area contributed by atoms with E-state index in [4.69, 9.17) is 16.3 Å². The van der Waals surface area contributed by atoms with Crippen molar-refractivity contribution in [2.24, 2.45) is 7.05 Å². The minimum atomic E-state index is -0.506. The number of β-amino-alcohol motifs (C(OH)–C–C–N with tert-alkyl or cyclic N) is 1. The first-order valence-corrected chi connectivity index (χ1v) is 8.20. The van der Waals surface area contributed by atoms with Crippen LogP contribution in [-0.2, 0) is 13.6 Å². The largest absolute Gasteiger partial charge is 0.488 e. The van der Waals surface area contributed by atoms with E-state index in [1.165, 1.54) is 0 Å². The molecule has 6 heteroatoms. The fourth-order valence-corrected chi connectivity index (χ4v) is 3.00. The van der Waals surface area contributed by atoms with Gasteiger partial charge < -0.3 is 14.4 Å². The number of halogens is 1. The van der Waals surface area contributed by atoms with Crippen molar-refractivity contribution in [2.75, 3.05) is 13.1 Å². The Bertz CT molecular complexity index is 656. The van der Waals surface area contributed by atoms with Gasteiger partial charge >= 0.3 is 0 Å². The predicted molar refractivity (Wildman–Crippen MR) is 89.7 cm³/mol. The fraction of sp³-hybridized carbons (Fsp3) is 0.471. The lowest BCUT2D eigenvalue weighted by Gasteiger charge is -2.35. The first kappa shape index (κ1) is 16.3. The van der Waals surface area contributed by atoms with Gasteiger partial charge in [-0.2, -0.15) is 0 Å². The van der Waals surface area contributed by atoms with Gasteiger partial charge in [0, 0.05) is 37.9 Å². The number of aliphatic hydroxyl groups is 1. The molecule has 0 bridgehead atoms. The molecule has 1 aliphatic rings. The van der Waals surface area contributed by atoms with Gasteiger partial charge in [-0.15, -0.1) is 0 Å². The van der Waals surface area contributed by atoms with Crippen LogP contribution in [0.5, 0.6) is 5.75 Å². The number of likely N-dealkylation sites (tertiary alicyclic amines) is 1. The maximum Gasteiger partial charge on any atom is 0.127 e. The molecule has 1 N–H and O–H groups in total. The summed E-state index contributed by atoms with van der Waals surface area (Å²) in [5.74, 6) is 1.75. The lowest BCUT2D eigenvalue weighted by atomic mass is 10.0. The van der Waals surface area contributed by atoms with Gasteiger partial charge in [0.2, 0.25) is 0 Å². The average molecular weight is 336 g/mol. The minimum absolute atomic E-state index is 0.180. The summed E-state index contributed by atoms with van der Waals surface area (Å²) >= 11 is 5.87. The summed E-state index contributed by atoms with van der Waals surface area (Å²) in [5.41, 5.74) is 1.16. The zero-order chi connectivity index (χ0) is 16.4. The molecule has 1 aliphatic heterocycles. The van der Waals surface area contributed by atoms with Crippen molar-refractivity contribution in [3.63, 3.8) is 0 Å². The van der Waals surface area contributed by atoms with Crippen LogP contribution in [0.25, 0.3) is 0 Å². The van der Waals surface area contributed by atoms with Crippen LogP contribution >= 0.6 is 11.6 Å². The van der Waals surface area contributed by atoms with E-state index in [1.807, 2.05) is 32.3 Å². The molecule has 1 aromatic heterocycles. The normalized spacial score (nSPS) is 22.3. The van der Waals surface area contributed by atoms with E-state index < -0.39 is 6.10 Å². The van der Waals surface area contributed by atoms with Crippen LogP contribution in [0.1, 0.15) is 17.9 Å². The molecule has 1 saturated heterocycles. The van der Waals surface area contributed by atoms with E-state index in [0.29, 0.717) is 11.6 Å². The van der Waals surface area contributed by atoms with E-state index >= 15 is 0 Å². The Morgan fingerprint density at radius 3 is 2.70 bits per heavy atom. The number of hydrogen-bond acceptors (Lipinski definition) is 4. The molecule has 3 rings (SSSR count). The summed E-state index contributed by atoms with van der Waals surface area (Å²) in [6.45, 7) is 4.27. The standard InChI is InChI=1S/C17H22ClN3O2/c1-12-19-9-14(20(12)2)10-21-8-7-17(16(22)11-21)23-15-5-3-13(18)4-6-15/h3-6,9,16-17,22H,7-8,10-11H2,1-2H3/t16-,17-/m1/s1. The van der Waals surface area contributed by atoms with Gasteiger partial charge in [-0.3, -0.25) is 4.90 Å². The Balaban J connectivity index is 1.56. The molecule has 1 fully saturated rings. The first-order chi connectivity index (χ1) is 11.0. The monoisotopic (exact) mass is 335 g/mol. The van der Waals surface area contributed by atoms with E-state index in [9.17, 15) is 5.11 Å². The van der Waals surface area contributed by atoms with Crippen molar-refractivity contribution in [3.05, 3.63) is 47.0 Å².